The third kappa shape index (κ3) is 6.59. The molecule has 0 bridgehead atoms. The normalized spacial score (nSPS) is 23.3. The second kappa shape index (κ2) is 13.7. The van der Waals surface area contributed by atoms with Gasteiger partial charge in [-0.05, 0) is 97.1 Å². The van der Waals surface area contributed by atoms with Gasteiger partial charge in [-0.25, -0.2) is 0 Å². The fraction of sp³-hybridized carbons (Fsp3) is 0.333. The predicted octanol–water partition coefficient (Wildman–Crippen LogP) is 7.09. The van der Waals surface area contributed by atoms with Gasteiger partial charge in [-0.3, -0.25) is 14.5 Å². The standard InChI is InChI=1S/C36H37BClNO6/c1-2-9-23(18-24-15-16-27(40)20-31(24)38)14-17-32-33-25(22-44-28-12-7-4-8-13-28)19-29-34(30(33)21-37(43)45-32)36(42)39(35(29)41)26-10-5-3-6-11-26/h3-8,10-13,15-16,18,20,29-30,32,34,40,43H,2,9,14,17,19,21-22H2,1H3/b23-18+/t29-,30+,32-,34-/m1/s1. The van der Waals surface area contributed by atoms with Crippen LogP contribution < -0.4 is 9.64 Å². The van der Waals surface area contributed by atoms with Gasteiger partial charge in [-0.15, -0.1) is 0 Å². The number of halogens is 1. The minimum absolute atomic E-state index is 0.114. The first-order valence-electron chi connectivity index (χ1n) is 15.7. The number of amides is 2. The van der Waals surface area contributed by atoms with Gasteiger partial charge in [0.1, 0.15) is 18.1 Å². The summed E-state index contributed by atoms with van der Waals surface area (Å²) >= 11 is 6.42. The molecule has 0 spiro atoms. The van der Waals surface area contributed by atoms with E-state index in [2.05, 4.69) is 13.0 Å². The molecule has 3 aromatic carbocycles. The first-order valence-corrected chi connectivity index (χ1v) is 16.1. The number of allylic oxidation sites excluding steroid dienone is 1. The van der Waals surface area contributed by atoms with Crippen LogP contribution in [0, 0.1) is 17.8 Å². The van der Waals surface area contributed by atoms with Gasteiger partial charge in [0.15, 0.2) is 0 Å². The number of para-hydroxylation sites is 2. The molecular weight excluding hydrogens is 589 g/mol. The van der Waals surface area contributed by atoms with Crippen molar-refractivity contribution in [1.29, 1.82) is 0 Å². The lowest BCUT2D eigenvalue weighted by Gasteiger charge is -2.43. The lowest BCUT2D eigenvalue weighted by molar-refractivity contribution is -0.122. The van der Waals surface area contributed by atoms with Crippen LogP contribution in [0.1, 0.15) is 44.6 Å². The number of phenolic OH excluding ortho intramolecular Hbond substituents is 1. The highest BCUT2D eigenvalue weighted by molar-refractivity contribution is 6.43. The van der Waals surface area contributed by atoms with E-state index in [4.69, 9.17) is 21.0 Å². The molecule has 2 amide bonds. The van der Waals surface area contributed by atoms with Crippen molar-refractivity contribution in [2.24, 2.45) is 17.8 Å². The highest BCUT2D eigenvalue weighted by Gasteiger charge is 2.57. The van der Waals surface area contributed by atoms with Crippen molar-refractivity contribution in [2.45, 2.75) is 51.5 Å². The van der Waals surface area contributed by atoms with Crippen molar-refractivity contribution < 1.29 is 29.1 Å². The third-order valence-corrected chi connectivity index (χ3v) is 9.45. The van der Waals surface area contributed by atoms with Crippen molar-refractivity contribution in [3.05, 3.63) is 106 Å². The summed E-state index contributed by atoms with van der Waals surface area (Å²) in [6, 6.07) is 23.5. The Kier molecular flexibility index (Phi) is 9.45. The molecule has 232 valence electrons. The molecule has 45 heavy (non-hydrogen) atoms. The first kappa shape index (κ1) is 31.2. The number of hydrogen-bond donors (Lipinski definition) is 2. The van der Waals surface area contributed by atoms with E-state index in [1.807, 2.05) is 48.5 Å². The van der Waals surface area contributed by atoms with Gasteiger partial charge in [0.25, 0.3) is 0 Å². The topological polar surface area (TPSA) is 96.3 Å². The smallest absolute Gasteiger partial charge is 0.455 e. The van der Waals surface area contributed by atoms with Gasteiger partial charge in [-0.2, -0.15) is 0 Å². The summed E-state index contributed by atoms with van der Waals surface area (Å²) in [5.41, 5.74) is 4.50. The SMILES string of the molecule is CCC/C(=C\c1ccc(O)cc1Cl)CC[C@H]1OB(O)C[C@H]2C1=C(COc1ccccc1)C[C@H]1C(=O)N(c3ccccc3)C(=O)[C@H]12. The van der Waals surface area contributed by atoms with E-state index >= 15 is 0 Å². The van der Waals surface area contributed by atoms with Crippen molar-refractivity contribution in [3.8, 4) is 11.5 Å². The summed E-state index contributed by atoms with van der Waals surface area (Å²) in [6.45, 7) is 2.38. The molecule has 3 aliphatic rings. The van der Waals surface area contributed by atoms with E-state index in [0.29, 0.717) is 30.0 Å². The Morgan fingerprint density at radius 2 is 1.76 bits per heavy atom. The maximum atomic E-state index is 14.0. The second-order valence-electron chi connectivity index (χ2n) is 12.1. The van der Waals surface area contributed by atoms with E-state index in [-0.39, 0.29) is 36.4 Å². The minimum atomic E-state index is -1.06. The van der Waals surface area contributed by atoms with Crippen LogP contribution in [-0.4, -0.2) is 41.8 Å². The number of nitrogens with zero attached hydrogens (tertiary/aromatic N) is 1. The fourth-order valence-electron chi connectivity index (χ4n) is 7.18. The highest BCUT2D eigenvalue weighted by atomic mass is 35.5. The molecule has 2 heterocycles. The van der Waals surface area contributed by atoms with Crippen LogP contribution in [0.5, 0.6) is 11.5 Å². The summed E-state index contributed by atoms with van der Waals surface area (Å²) < 4.78 is 12.4. The molecule has 2 fully saturated rings. The number of hydrogen-bond acceptors (Lipinski definition) is 6. The van der Waals surface area contributed by atoms with E-state index in [1.54, 1.807) is 24.3 Å². The van der Waals surface area contributed by atoms with Gasteiger partial charge in [0, 0.05) is 0 Å². The molecule has 4 atom stereocenters. The number of carbonyl (C=O) groups excluding carboxylic acids is 2. The van der Waals surface area contributed by atoms with Crippen LogP contribution in [-0.2, 0) is 14.2 Å². The summed E-state index contributed by atoms with van der Waals surface area (Å²) in [7, 11) is -1.06. The maximum Gasteiger partial charge on any atom is 0.455 e. The number of ether oxygens (including phenoxy) is 1. The molecule has 0 unspecified atom stereocenters. The number of anilines is 1. The number of phenols is 1. The van der Waals surface area contributed by atoms with Gasteiger partial charge in [0.2, 0.25) is 11.8 Å². The Morgan fingerprint density at radius 3 is 2.47 bits per heavy atom. The monoisotopic (exact) mass is 625 g/mol. The van der Waals surface area contributed by atoms with Crippen LogP contribution >= 0.6 is 11.6 Å². The molecule has 3 aromatic rings. The number of carbonyl (C=O) groups is 2. The van der Waals surface area contributed by atoms with Gasteiger partial charge < -0.3 is 19.5 Å². The van der Waals surface area contributed by atoms with Crippen LogP contribution in [0.3, 0.4) is 0 Å². The van der Waals surface area contributed by atoms with Crippen molar-refractivity contribution >= 4 is 42.3 Å². The molecule has 0 aromatic heterocycles. The predicted molar refractivity (Wildman–Crippen MR) is 176 cm³/mol. The first-order chi connectivity index (χ1) is 21.8. The zero-order chi connectivity index (χ0) is 31.5. The molecule has 6 rings (SSSR count). The fourth-order valence-corrected chi connectivity index (χ4v) is 7.40. The molecule has 0 saturated carbocycles. The summed E-state index contributed by atoms with van der Waals surface area (Å²) in [5.74, 6) is -1.04. The molecule has 0 radical (unpaired) electrons. The van der Waals surface area contributed by atoms with Crippen LogP contribution in [0.2, 0.25) is 11.3 Å². The molecular formula is C36H37BClNO6. The Morgan fingerprint density at radius 1 is 1.02 bits per heavy atom. The zero-order valence-corrected chi connectivity index (χ0v) is 26.0. The van der Waals surface area contributed by atoms with Crippen molar-refractivity contribution in [3.63, 3.8) is 0 Å². The van der Waals surface area contributed by atoms with Crippen molar-refractivity contribution in [1.82, 2.24) is 0 Å². The number of imide groups is 1. The van der Waals surface area contributed by atoms with Crippen LogP contribution in [0.4, 0.5) is 5.69 Å². The van der Waals surface area contributed by atoms with E-state index in [1.165, 1.54) is 16.5 Å². The lowest BCUT2D eigenvalue weighted by Crippen LogP contribution is -2.46. The quantitative estimate of drug-likeness (QED) is 0.142. The summed E-state index contributed by atoms with van der Waals surface area (Å²) in [5, 5.41) is 21.3. The Balaban J connectivity index is 1.33. The Labute approximate surface area is 269 Å². The Hall–Kier alpha value is -3.85. The van der Waals surface area contributed by atoms with Gasteiger partial charge in [-0.1, -0.05) is 73.0 Å². The summed E-state index contributed by atoms with van der Waals surface area (Å²) in [6.07, 6.45) is 5.31. The van der Waals surface area contributed by atoms with E-state index < -0.39 is 25.1 Å². The number of aromatic hydroxyl groups is 1. The molecule has 2 N–H and O–H groups in total. The van der Waals surface area contributed by atoms with Crippen LogP contribution in [0.15, 0.2) is 95.6 Å². The summed E-state index contributed by atoms with van der Waals surface area (Å²) in [4.78, 5) is 29.2. The third-order valence-electron chi connectivity index (χ3n) is 9.12. The molecule has 2 aliphatic heterocycles. The van der Waals surface area contributed by atoms with Crippen LogP contribution in [0.25, 0.3) is 6.08 Å². The second-order valence-corrected chi connectivity index (χ2v) is 12.5. The lowest BCUT2D eigenvalue weighted by atomic mass is 9.58. The zero-order valence-electron chi connectivity index (χ0n) is 25.3. The minimum Gasteiger partial charge on any atom is -0.508 e. The average Bonchev–Trinajstić information content (AvgIpc) is 3.29. The molecule has 1 aliphatic carbocycles. The van der Waals surface area contributed by atoms with Crippen molar-refractivity contribution in [2.75, 3.05) is 11.5 Å². The number of fused-ring (bicyclic) bond motifs is 3. The molecule has 7 nitrogen and oxygen atoms in total. The molecule has 2 saturated heterocycles. The molecule has 9 heteroatoms. The average molecular weight is 626 g/mol. The number of rotatable bonds is 10. The van der Waals surface area contributed by atoms with E-state index in [9.17, 15) is 19.7 Å². The highest BCUT2D eigenvalue weighted by Crippen LogP contribution is 2.51. The van der Waals surface area contributed by atoms with Gasteiger partial charge >= 0.3 is 7.12 Å². The van der Waals surface area contributed by atoms with Gasteiger partial charge in [0.05, 0.1) is 28.6 Å². The number of benzene rings is 3. The largest absolute Gasteiger partial charge is 0.508 e. The Bertz CT molecular complexity index is 1610. The van der Waals surface area contributed by atoms with E-state index in [0.717, 1.165) is 35.3 Å². The maximum absolute atomic E-state index is 14.0.